The maximum absolute atomic E-state index is 7.37. The minimum Gasteiger partial charge on any atom is -0.456 e. The van der Waals surface area contributed by atoms with E-state index in [1.807, 2.05) is 6.07 Å². The molecule has 2 aliphatic rings. The zero-order valence-electron chi connectivity index (χ0n) is 31.2. The van der Waals surface area contributed by atoms with Crippen LogP contribution in [0.3, 0.4) is 0 Å². The highest BCUT2D eigenvalue weighted by Crippen LogP contribution is 2.55. The van der Waals surface area contributed by atoms with Crippen LogP contribution in [0.4, 0.5) is 11.4 Å². The van der Waals surface area contributed by atoms with Gasteiger partial charge in [-0.1, -0.05) is 153 Å². The van der Waals surface area contributed by atoms with Crippen LogP contribution in [0.15, 0.2) is 190 Å². The van der Waals surface area contributed by atoms with Crippen LogP contribution >= 0.6 is 0 Å². The van der Waals surface area contributed by atoms with Crippen molar-refractivity contribution in [3.63, 3.8) is 0 Å². The summed E-state index contributed by atoms with van der Waals surface area (Å²) in [4.78, 5) is 2.43. The smallest absolute Gasteiger partial charge is 0.159 e. The van der Waals surface area contributed by atoms with Gasteiger partial charge in [-0.2, -0.15) is 0 Å². The van der Waals surface area contributed by atoms with Gasteiger partial charge in [0.2, 0.25) is 0 Å². The lowest BCUT2D eigenvalue weighted by Crippen LogP contribution is -2.22. The molecule has 266 valence electrons. The molecule has 0 spiro atoms. The van der Waals surface area contributed by atoms with Crippen molar-refractivity contribution in [1.29, 1.82) is 0 Å². The predicted molar refractivity (Wildman–Crippen MR) is 233 cm³/mol. The minimum atomic E-state index is -0.0780. The van der Waals surface area contributed by atoms with Crippen LogP contribution in [0.5, 0.6) is 0 Å². The van der Waals surface area contributed by atoms with E-state index in [1.165, 1.54) is 38.2 Å². The van der Waals surface area contributed by atoms with E-state index in [-0.39, 0.29) is 5.41 Å². The first-order chi connectivity index (χ1) is 27.5. The number of rotatable bonds is 4. The van der Waals surface area contributed by atoms with E-state index < -0.39 is 0 Å². The Balaban J connectivity index is 1.15. The average molecular weight is 720 g/mol. The average Bonchev–Trinajstić information content (AvgIpc) is 3.88. The van der Waals surface area contributed by atoms with E-state index in [2.05, 4.69) is 183 Å². The Kier molecular flexibility index (Phi) is 6.52. The van der Waals surface area contributed by atoms with Crippen LogP contribution in [-0.2, 0) is 5.41 Å². The molecule has 2 aliphatic carbocycles. The van der Waals surface area contributed by atoms with Crippen molar-refractivity contribution < 1.29 is 8.83 Å². The first-order valence-corrected chi connectivity index (χ1v) is 19.6. The highest BCUT2D eigenvalue weighted by molar-refractivity contribution is 6.26. The van der Waals surface area contributed by atoms with Gasteiger partial charge in [0.1, 0.15) is 16.7 Å². The van der Waals surface area contributed by atoms with Crippen molar-refractivity contribution in [2.24, 2.45) is 0 Å². The number of benzene rings is 8. The van der Waals surface area contributed by atoms with Gasteiger partial charge in [-0.25, -0.2) is 0 Å². The van der Waals surface area contributed by atoms with Crippen LogP contribution in [0.25, 0.3) is 76.5 Å². The summed E-state index contributed by atoms with van der Waals surface area (Å²) >= 11 is 0. The standard InChI is InChI=1S/C53H37NO2/c1-53(2)44-22-9-7-18-38(44)39-28-27-36(30-45(39)53)54(35-26-25-32-13-3-4-15-34(32)29-35)46-23-12-21-41-43-31-48-49(42-19-8-10-24-47(42)55-48)50(52(43)56-51(41)46)40-20-11-16-33-14-5-6-17-37(33)40/h3-27,29-31,39H,28H2,1-2H3. The SMILES string of the molecule is CC1(C)C2=CC(N(c3ccc4ccccc4c3)c3cccc4c3oc3c(-c5cccc6ccccc56)c5c(cc34)oc3ccccc35)=CCC2c2ccccc21. The van der Waals surface area contributed by atoms with Crippen molar-refractivity contribution in [3.8, 4) is 11.1 Å². The number of hydrogen-bond donors (Lipinski definition) is 0. The lowest BCUT2D eigenvalue weighted by Gasteiger charge is -2.33. The van der Waals surface area contributed by atoms with Crippen LogP contribution in [-0.4, -0.2) is 0 Å². The van der Waals surface area contributed by atoms with E-state index in [0.717, 1.165) is 78.5 Å². The first-order valence-electron chi connectivity index (χ1n) is 19.6. The van der Waals surface area contributed by atoms with Gasteiger partial charge >= 0.3 is 0 Å². The van der Waals surface area contributed by atoms with Crippen molar-refractivity contribution in [3.05, 3.63) is 192 Å². The molecule has 2 aromatic heterocycles. The third-order valence-electron chi connectivity index (χ3n) is 12.6. The van der Waals surface area contributed by atoms with E-state index in [0.29, 0.717) is 5.92 Å². The van der Waals surface area contributed by atoms with E-state index in [9.17, 15) is 0 Å². The fourth-order valence-corrected chi connectivity index (χ4v) is 10.0. The zero-order valence-corrected chi connectivity index (χ0v) is 31.2. The Morgan fingerprint density at radius 3 is 2.21 bits per heavy atom. The molecule has 1 unspecified atom stereocenters. The fraction of sp³-hybridized carbons (Fsp3) is 0.0943. The fourth-order valence-electron chi connectivity index (χ4n) is 10.0. The third-order valence-corrected chi connectivity index (χ3v) is 12.6. The summed E-state index contributed by atoms with van der Waals surface area (Å²) in [5, 5.41) is 9.05. The second-order valence-corrected chi connectivity index (χ2v) is 16.0. The molecule has 0 amide bonds. The van der Waals surface area contributed by atoms with Crippen molar-refractivity contribution in [1.82, 2.24) is 0 Å². The number of furan rings is 2. The largest absolute Gasteiger partial charge is 0.456 e. The zero-order chi connectivity index (χ0) is 37.1. The quantitative estimate of drug-likeness (QED) is 0.181. The number of hydrogen-bond acceptors (Lipinski definition) is 3. The van der Waals surface area contributed by atoms with E-state index in [1.54, 1.807) is 0 Å². The monoisotopic (exact) mass is 719 g/mol. The summed E-state index contributed by atoms with van der Waals surface area (Å²) in [7, 11) is 0. The molecule has 0 radical (unpaired) electrons. The molecular weight excluding hydrogens is 683 g/mol. The topological polar surface area (TPSA) is 29.5 Å². The van der Waals surface area contributed by atoms with Crippen LogP contribution in [0.1, 0.15) is 37.3 Å². The lowest BCUT2D eigenvalue weighted by atomic mass is 9.78. The molecule has 8 aromatic carbocycles. The molecule has 1 atom stereocenters. The van der Waals surface area contributed by atoms with Crippen LogP contribution in [0.2, 0.25) is 0 Å². The molecule has 56 heavy (non-hydrogen) atoms. The molecule has 2 heterocycles. The second kappa shape index (κ2) is 11.6. The number of nitrogens with zero attached hydrogens (tertiary/aromatic N) is 1. The van der Waals surface area contributed by atoms with Gasteiger partial charge in [0.15, 0.2) is 5.58 Å². The number of para-hydroxylation sites is 2. The molecular formula is C53H37NO2. The van der Waals surface area contributed by atoms with E-state index in [4.69, 9.17) is 8.83 Å². The highest BCUT2D eigenvalue weighted by Gasteiger charge is 2.42. The summed E-state index contributed by atoms with van der Waals surface area (Å²) in [5.41, 5.74) is 13.2. The molecule has 3 nitrogen and oxygen atoms in total. The number of allylic oxidation sites excluding steroid dienone is 3. The summed E-state index contributed by atoms with van der Waals surface area (Å²) in [6.45, 7) is 4.77. The molecule has 0 aliphatic heterocycles. The van der Waals surface area contributed by atoms with Gasteiger partial charge in [0.05, 0.1) is 5.69 Å². The maximum atomic E-state index is 7.37. The van der Waals surface area contributed by atoms with Gasteiger partial charge in [-0.05, 0) is 81.1 Å². The van der Waals surface area contributed by atoms with Crippen LogP contribution in [0, 0.1) is 0 Å². The Hall–Kier alpha value is -6.84. The Bertz CT molecular complexity index is 3330. The number of anilines is 2. The normalized spacial score (nSPS) is 16.1. The van der Waals surface area contributed by atoms with Crippen molar-refractivity contribution >= 4 is 76.8 Å². The summed E-state index contributed by atoms with van der Waals surface area (Å²) in [5.74, 6) is 0.374. The Morgan fingerprint density at radius 1 is 0.571 bits per heavy atom. The lowest BCUT2D eigenvalue weighted by molar-refractivity contribution is 0.609. The number of fused-ring (bicyclic) bond motifs is 11. The molecule has 12 rings (SSSR count). The summed E-state index contributed by atoms with van der Waals surface area (Å²) < 4.78 is 14.0. The molecule has 0 fully saturated rings. The predicted octanol–water partition coefficient (Wildman–Crippen LogP) is 14.9. The minimum absolute atomic E-state index is 0.0780. The van der Waals surface area contributed by atoms with Gasteiger partial charge in [0, 0.05) is 49.8 Å². The Morgan fingerprint density at radius 2 is 1.30 bits per heavy atom. The van der Waals surface area contributed by atoms with Crippen LogP contribution < -0.4 is 4.90 Å². The molecule has 10 aromatic rings. The molecule has 0 saturated carbocycles. The first kappa shape index (κ1) is 31.5. The Labute approximate surface area is 324 Å². The third kappa shape index (κ3) is 4.40. The van der Waals surface area contributed by atoms with Crippen molar-refractivity contribution in [2.75, 3.05) is 4.90 Å². The van der Waals surface area contributed by atoms with Gasteiger partial charge in [-0.3, -0.25) is 0 Å². The van der Waals surface area contributed by atoms with Gasteiger partial charge in [-0.15, -0.1) is 0 Å². The molecule has 3 heteroatoms. The van der Waals surface area contributed by atoms with Crippen molar-refractivity contribution in [2.45, 2.75) is 31.6 Å². The summed E-state index contributed by atoms with van der Waals surface area (Å²) in [6, 6.07) is 56.8. The van der Waals surface area contributed by atoms with Gasteiger partial charge in [0.25, 0.3) is 0 Å². The van der Waals surface area contributed by atoms with Gasteiger partial charge < -0.3 is 13.7 Å². The second-order valence-electron chi connectivity index (χ2n) is 16.0. The molecule has 0 bridgehead atoms. The van der Waals surface area contributed by atoms with E-state index >= 15 is 0 Å². The molecule has 0 N–H and O–H groups in total. The summed E-state index contributed by atoms with van der Waals surface area (Å²) in [6.07, 6.45) is 5.84. The highest BCUT2D eigenvalue weighted by atomic mass is 16.3. The molecule has 0 saturated heterocycles. The maximum Gasteiger partial charge on any atom is 0.159 e.